The van der Waals surface area contributed by atoms with Crippen LogP contribution in [-0.4, -0.2) is 29.2 Å². The van der Waals surface area contributed by atoms with Crippen LogP contribution in [0.4, 0.5) is 4.39 Å². The third-order valence-electron chi connectivity index (χ3n) is 4.25. The minimum absolute atomic E-state index is 0.196. The zero-order valence-electron chi connectivity index (χ0n) is 12.0. The molecule has 1 aliphatic carbocycles. The second-order valence-corrected chi connectivity index (χ2v) is 6.15. The number of benzene rings is 1. The number of halogens is 1. The van der Waals surface area contributed by atoms with E-state index in [2.05, 4.69) is 18.7 Å². The Morgan fingerprint density at radius 3 is 2.42 bits per heavy atom. The van der Waals surface area contributed by atoms with Crippen LogP contribution in [0.5, 0.6) is 0 Å². The van der Waals surface area contributed by atoms with Gasteiger partial charge in [-0.15, -0.1) is 0 Å². The summed E-state index contributed by atoms with van der Waals surface area (Å²) in [5.41, 5.74) is 1.09. The first-order valence-corrected chi connectivity index (χ1v) is 7.10. The largest absolute Gasteiger partial charge is 0.391 e. The summed E-state index contributed by atoms with van der Waals surface area (Å²) >= 11 is 0. The fraction of sp³-hybridized carbons (Fsp3) is 0.625. The maximum Gasteiger partial charge on any atom is 0.123 e. The summed E-state index contributed by atoms with van der Waals surface area (Å²) in [6, 6.07) is 6.81. The van der Waals surface area contributed by atoms with Gasteiger partial charge in [0.1, 0.15) is 5.82 Å². The second-order valence-electron chi connectivity index (χ2n) is 6.15. The van der Waals surface area contributed by atoms with Gasteiger partial charge in [-0.1, -0.05) is 26.0 Å². The molecule has 1 aromatic rings. The number of likely N-dealkylation sites (N-methyl/N-ethyl adjacent to an activating group) is 1. The Labute approximate surface area is 115 Å². The van der Waals surface area contributed by atoms with Gasteiger partial charge < -0.3 is 5.11 Å². The van der Waals surface area contributed by atoms with Crippen molar-refractivity contribution in [3.63, 3.8) is 0 Å². The average Bonchev–Trinajstić information content (AvgIpc) is 2.30. The lowest BCUT2D eigenvalue weighted by molar-refractivity contribution is -0.0170. The van der Waals surface area contributed by atoms with E-state index in [9.17, 15) is 9.50 Å². The molecule has 0 aromatic heterocycles. The van der Waals surface area contributed by atoms with E-state index >= 15 is 0 Å². The van der Waals surface area contributed by atoms with E-state index in [-0.39, 0.29) is 18.0 Å². The van der Waals surface area contributed by atoms with Crippen LogP contribution in [0, 0.1) is 17.7 Å². The van der Waals surface area contributed by atoms with Crippen LogP contribution in [0.15, 0.2) is 24.3 Å². The molecule has 0 bridgehead atoms. The van der Waals surface area contributed by atoms with Crippen molar-refractivity contribution < 1.29 is 9.50 Å². The topological polar surface area (TPSA) is 23.5 Å². The van der Waals surface area contributed by atoms with Crippen molar-refractivity contribution >= 4 is 0 Å². The maximum absolute atomic E-state index is 12.9. The maximum atomic E-state index is 12.9. The Balaban J connectivity index is 2.02. The van der Waals surface area contributed by atoms with E-state index in [1.54, 1.807) is 0 Å². The summed E-state index contributed by atoms with van der Waals surface area (Å²) in [5, 5.41) is 10.3. The molecule has 0 amide bonds. The summed E-state index contributed by atoms with van der Waals surface area (Å²) < 4.78 is 12.9. The van der Waals surface area contributed by atoms with E-state index in [0.29, 0.717) is 11.8 Å². The Kier molecular flexibility index (Phi) is 4.58. The molecule has 1 aliphatic rings. The van der Waals surface area contributed by atoms with Crippen molar-refractivity contribution in [3.05, 3.63) is 35.6 Å². The zero-order valence-corrected chi connectivity index (χ0v) is 12.0. The van der Waals surface area contributed by atoms with Crippen molar-refractivity contribution in [2.75, 3.05) is 7.05 Å². The van der Waals surface area contributed by atoms with Crippen LogP contribution >= 0.6 is 0 Å². The minimum Gasteiger partial charge on any atom is -0.391 e. The van der Waals surface area contributed by atoms with Gasteiger partial charge in [0.05, 0.1) is 6.10 Å². The van der Waals surface area contributed by atoms with Gasteiger partial charge in [0.2, 0.25) is 0 Å². The molecular weight excluding hydrogens is 241 g/mol. The van der Waals surface area contributed by atoms with Gasteiger partial charge >= 0.3 is 0 Å². The van der Waals surface area contributed by atoms with Crippen LogP contribution in [-0.2, 0) is 6.54 Å². The molecule has 0 radical (unpaired) electrons. The highest BCUT2D eigenvalue weighted by Crippen LogP contribution is 2.32. The van der Waals surface area contributed by atoms with E-state index < -0.39 is 0 Å². The average molecular weight is 265 g/mol. The Morgan fingerprint density at radius 2 is 1.84 bits per heavy atom. The molecule has 2 rings (SSSR count). The predicted molar refractivity (Wildman–Crippen MR) is 75.2 cm³/mol. The lowest BCUT2D eigenvalue weighted by Crippen LogP contribution is -2.49. The summed E-state index contributed by atoms with van der Waals surface area (Å²) in [4.78, 5) is 2.20. The van der Waals surface area contributed by atoms with Gasteiger partial charge in [-0.3, -0.25) is 4.90 Å². The number of hydrogen-bond acceptors (Lipinski definition) is 2. The third kappa shape index (κ3) is 3.54. The van der Waals surface area contributed by atoms with Crippen LogP contribution in [0.25, 0.3) is 0 Å². The number of aliphatic hydroxyl groups excluding tert-OH is 1. The highest BCUT2D eigenvalue weighted by molar-refractivity contribution is 5.16. The molecule has 4 atom stereocenters. The van der Waals surface area contributed by atoms with Crippen molar-refractivity contribution in [2.24, 2.45) is 11.8 Å². The van der Waals surface area contributed by atoms with Crippen LogP contribution in [0.2, 0.25) is 0 Å². The minimum atomic E-state index is -0.260. The number of hydrogen-bond donors (Lipinski definition) is 1. The zero-order chi connectivity index (χ0) is 14.0. The molecule has 19 heavy (non-hydrogen) atoms. The molecular formula is C16H24FNO. The summed E-state index contributed by atoms with van der Waals surface area (Å²) in [5.74, 6) is 0.885. The van der Waals surface area contributed by atoms with Crippen molar-refractivity contribution in [2.45, 2.75) is 45.4 Å². The SMILES string of the molecule is CC1CC(C)C(N(C)Cc2ccc(F)cc2)C(O)C1. The summed E-state index contributed by atoms with van der Waals surface area (Å²) in [7, 11) is 2.05. The molecule has 0 spiro atoms. The van der Waals surface area contributed by atoms with Gasteiger partial charge in [0.15, 0.2) is 0 Å². The molecule has 1 N–H and O–H groups in total. The van der Waals surface area contributed by atoms with Crippen LogP contribution in [0.1, 0.15) is 32.3 Å². The first-order valence-electron chi connectivity index (χ1n) is 7.10. The Morgan fingerprint density at radius 1 is 1.21 bits per heavy atom. The molecule has 0 aliphatic heterocycles. The van der Waals surface area contributed by atoms with Crippen molar-refractivity contribution in [1.29, 1.82) is 0 Å². The fourth-order valence-electron chi connectivity index (χ4n) is 3.51. The monoisotopic (exact) mass is 265 g/mol. The molecule has 106 valence electrons. The molecule has 0 heterocycles. The van der Waals surface area contributed by atoms with E-state index in [1.165, 1.54) is 12.1 Å². The predicted octanol–water partition coefficient (Wildman–Crippen LogP) is 3.05. The van der Waals surface area contributed by atoms with Crippen LogP contribution < -0.4 is 0 Å². The fourth-order valence-corrected chi connectivity index (χ4v) is 3.51. The third-order valence-corrected chi connectivity index (χ3v) is 4.25. The highest BCUT2D eigenvalue weighted by atomic mass is 19.1. The number of rotatable bonds is 3. The van der Waals surface area contributed by atoms with Gasteiger partial charge in [0.25, 0.3) is 0 Å². The highest BCUT2D eigenvalue weighted by Gasteiger charge is 2.35. The van der Waals surface area contributed by atoms with E-state index in [0.717, 1.165) is 24.9 Å². The second kappa shape index (κ2) is 6.02. The van der Waals surface area contributed by atoms with E-state index in [1.807, 2.05) is 19.2 Å². The lowest BCUT2D eigenvalue weighted by Gasteiger charge is -2.42. The molecule has 0 saturated heterocycles. The van der Waals surface area contributed by atoms with Gasteiger partial charge in [-0.2, -0.15) is 0 Å². The molecule has 2 nitrogen and oxygen atoms in total. The Hall–Kier alpha value is -0.930. The van der Waals surface area contributed by atoms with Crippen LogP contribution in [0.3, 0.4) is 0 Å². The van der Waals surface area contributed by atoms with Gasteiger partial charge in [0, 0.05) is 12.6 Å². The summed E-state index contributed by atoms with van der Waals surface area (Å²) in [6.45, 7) is 5.17. The summed E-state index contributed by atoms with van der Waals surface area (Å²) in [6.07, 6.45) is 1.78. The molecule has 1 aromatic carbocycles. The Bertz CT molecular complexity index is 394. The first-order chi connectivity index (χ1) is 8.97. The first kappa shape index (κ1) is 14.5. The molecule has 3 heteroatoms. The quantitative estimate of drug-likeness (QED) is 0.908. The van der Waals surface area contributed by atoms with Gasteiger partial charge in [-0.25, -0.2) is 4.39 Å². The van der Waals surface area contributed by atoms with Crippen molar-refractivity contribution in [1.82, 2.24) is 4.90 Å². The lowest BCUT2D eigenvalue weighted by atomic mass is 9.77. The number of aliphatic hydroxyl groups is 1. The molecule has 1 fully saturated rings. The normalized spacial score (nSPS) is 31.7. The molecule has 4 unspecified atom stereocenters. The number of nitrogens with zero attached hydrogens (tertiary/aromatic N) is 1. The van der Waals surface area contributed by atoms with Crippen molar-refractivity contribution in [3.8, 4) is 0 Å². The smallest absolute Gasteiger partial charge is 0.123 e. The van der Waals surface area contributed by atoms with E-state index in [4.69, 9.17) is 0 Å². The molecule has 1 saturated carbocycles. The van der Waals surface area contributed by atoms with Gasteiger partial charge in [-0.05, 0) is 49.4 Å². The standard InChI is InChI=1S/C16H24FNO/c1-11-8-12(2)16(15(19)9-11)18(3)10-13-4-6-14(17)7-5-13/h4-7,11-12,15-16,19H,8-10H2,1-3H3.